The smallest absolute Gasteiger partial charge is 0.177 e. The first-order valence-electron chi connectivity index (χ1n) is 4.58. The SMILES string of the molecule is NC1=NN=C(N)C1=NNc1c(O)cccc1F. The van der Waals surface area contributed by atoms with Gasteiger partial charge in [-0.2, -0.15) is 5.10 Å². The summed E-state index contributed by atoms with van der Waals surface area (Å²) in [4.78, 5) is 0. The van der Waals surface area contributed by atoms with Crippen molar-refractivity contribution >= 4 is 23.1 Å². The molecule has 0 unspecified atom stereocenters. The van der Waals surface area contributed by atoms with Crippen LogP contribution in [0, 0.1) is 5.82 Å². The average molecular weight is 236 g/mol. The number of hydrazone groups is 1. The molecule has 6 N–H and O–H groups in total. The van der Waals surface area contributed by atoms with Crippen molar-refractivity contribution in [2.24, 2.45) is 26.8 Å². The Hall–Kier alpha value is -2.64. The fourth-order valence-electron chi connectivity index (χ4n) is 1.18. The molecule has 88 valence electrons. The second kappa shape index (κ2) is 4.08. The number of hydrogen-bond donors (Lipinski definition) is 4. The minimum atomic E-state index is -0.654. The van der Waals surface area contributed by atoms with E-state index in [4.69, 9.17) is 11.5 Å². The number of hydrogen-bond acceptors (Lipinski definition) is 7. The summed E-state index contributed by atoms with van der Waals surface area (Å²) in [6.07, 6.45) is 0. The fraction of sp³-hybridized carbons (Fsp3) is 0. The molecule has 0 spiro atoms. The van der Waals surface area contributed by atoms with Crippen LogP contribution in [-0.2, 0) is 0 Å². The highest BCUT2D eigenvalue weighted by Crippen LogP contribution is 2.25. The number of rotatable bonds is 2. The van der Waals surface area contributed by atoms with Gasteiger partial charge in [-0.25, -0.2) is 4.39 Å². The van der Waals surface area contributed by atoms with Crippen molar-refractivity contribution in [3.05, 3.63) is 24.0 Å². The van der Waals surface area contributed by atoms with E-state index in [1.165, 1.54) is 18.2 Å². The maximum absolute atomic E-state index is 13.3. The fourth-order valence-corrected chi connectivity index (χ4v) is 1.18. The summed E-state index contributed by atoms with van der Waals surface area (Å²) >= 11 is 0. The number of aromatic hydroxyl groups is 1. The number of phenols is 1. The average Bonchev–Trinajstić information content (AvgIpc) is 2.59. The Kier molecular flexibility index (Phi) is 2.61. The van der Waals surface area contributed by atoms with Crippen molar-refractivity contribution < 1.29 is 9.50 Å². The van der Waals surface area contributed by atoms with E-state index in [0.717, 1.165) is 0 Å². The first-order chi connectivity index (χ1) is 8.09. The lowest BCUT2D eigenvalue weighted by Crippen LogP contribution is -2.32. The standard InChI is InChI=1S/C9H9FN6O/c10-4-2-1-3-5(17)6(4)13-14-7-8(11)15-16-9(7)12/h1-3,13,17H,(H4,11,12,14,15,16). The zero-order valence-corrected chi connectivity index (χ0v) is 8.55. The van der Waals surface area contributed by atoms with Gasteiger partial charge >= 0.3 is 0 Å². The molecule has 0 radical (unpaired) electrons. The van der Waals surface area contributed by atoms with Crippen molar-refractivity contribution in [1.82, 2.24) is 0 Å². The monoisotopic (exact) mass is 236 g/mol. The summed E-state index contributed by atoms with van der Waals surface area (Å²) in [5.74, 6) is -0.895. The largest absolute Gasteiger partial charge is 0.506 e. The maximum Gasteiger partial charge on any atom is 0.177 e. The third kappa shape index (κ3) is 2.00. The lowest BCUT2D eigenvalue weighted by atomic mass is 10.3. The first-order valence-corrected chi connectivity index (χ1v) is 4.58. The van der Waals surface area contributed by atoms with E-state index in [0.29, 0.717) is 0 Å². The number of halogens is 1. The van der Waals surface area contributed by atoms with Crippen molar-refractivity contribution in [2.75, 3.05) is 5.43 Å². The molecular weight excluding hydrogens is 227 g/mol. The van der Waals surface area contributed by atoms with E-state index in [1.807, 2.05) is 0 Å². The molecule has 0 saturated heterocycles. The molecule has 1 aromatic rings. The highest BCUT2D eigenvalue weighted by Gasteiger charge is 2.17. The number of nitrogens with two attached hydrogens (primary N) is 2. The molecule has 0 bridgehead atoms. The maximum atomic E-state index is 13.3. The molecule has 1 aliphatic rings. The number of para-hydroxylation sites is 1. The van der Waals surface area contributed by atoms with Crippen LogP contribution in [0.5, 0.6) is 5.75 Å². The molecule has 0 saturated carbocycles. The Balaban J connectivity index is 2.26. The zero-order valence-electron chi connectivity index (χ0n) is 8.55. The second-order valence-corrected chi connectivity index (χ2v) is 3.18. The number of benzene rings is 1. The molecule has 17 heavy (non-hydrogen) atoms. The molecule has 1 aromatic carbocycles. The van der Waals surface area contributed by atoms with Gasteiger partial charge in [0.05, 0.1) is 0 Å². The normalized spacial score (nSPS) is 14.3. The second-order valence-electron chi connectivity index (χ2n) is 3.18. The number of nitrogens with one attached hydrogen (secondary N) is 1. The topological polar surface area (TPSA) is 121 Å². The summed E-state index contributed by atoms with van der Waals surface area (Å²) in [5, 5.41) is 20.1. The van der Waals surface area contributed by atoms with E-state index in [-0.39, 0.29) is 28.8 Å². The van der Waals surface area contributed by atoms with Gasteiger partial charge in [0.1, 0.15) is 11.4 Å². The van der Waals surface area contributed by atoms with Crippen molar-refractivity contribution in [1.29, 1.82) is 0 Å². The highest BCUT2D eigenvalue weighted by atomic mass is 19.1. The summed E-state index contributed by atoms with van der Waals surface area (Å²) in [6, 6.07) is 3.85. The first kappa shape index (κ1) is 10.9. The summed E-state index contributed by atoms with van der Waals surface area (Å²) < 4.78 is 13.3. The molecular formula is C9H9FN6O. The van der Waals surface area contributed by atoms with E-state index in [2.05, 4.69) is 20.7 Å². The third-order valence-electron chi connectivity index (χ3n) is 2.02. The lowest BCUT2D eigenvalue weighted by molar-refractivity contribution is 0.472. The number of nitrogens with zero attached hydrogens (tertiary/aromatic N) is 3. The molecule has 0 aromatic heterocycles. The molecule has 2 rings (SSSR count). The van der Waals surface area contributed by atoms with Crippen LogP contribution in [-0.4, -0.2) is 22.5 Å². The Morgan fingerprint density at radius 3 is 2.47 bits per heavy atom. The Labute approximate surface area is 95.3 Å². The molecule has 0 fully saturated rings. The number of anilines is 1. The highest BCUT2D eigenvalue weighted by molar-refractivity contribution is 6.68. The van der Waals surface area contributed by atoms with Crippen LogP contribution in [0.15, 0.2) is 33.5 Å². The summed E-state index contributed by atoms with van der Waals surface area (Å²) in [7, 11) is 0. The van der Waals surface area contributed by atoms with Crippen molar-refractivity contribution in [3.63, 3.8) is 0 Å². The van der Waals surface area contributed by atoms with E-state index >= 15 is 0 Å². The molecule has 0 atom stereocenters. The number of phenolic OH excluding ortho intramolecular Hbond substituents is 1. The van der Waals surface area contributed by atoms with Crippen LogP contribution < -0.4 is 16.9 Å². The van der Waals surface area contributed by atoms with Crippen LogP contribution in [0.2, 0.25) is 0 Å². The molecule has 0 amide bonds. The molecule has 7 nitrogen and oxygen atoms in total. The van der Waals surface area contributed by atoms with E-state index in [1.54, 1.807) is 0 Å². The van der Waals surface area contributed by atoms with Gasteiger partial charge in [-0.15, -0.1) is 10.2 Å². The van der Waals surface area contributed by atoms with Gasteiger partial charge in [-0.05, 0) is 12.1 Å². The lowest BCUT2D eigenvalue weighted by Gasteiger charge is -2.05. The Morgan fingerprint density at radius 2 is 1.88 bits per heavy atom. The summed E-state index contributed by atoms with van der Waals surface area (Å²) in [6.45, 7) is 0. The minimum absolute atomic E-state index is 0.0193. The van der Waals surface area contributed by atoms with Crippen LogP contribution in [0.25, 0.3) is 0 Å². The third-order valence-corrected chi connectivity index (χ3v) is 2.02. The van der Waals surface area contributed by atoms with Crippen molar-refractivity contribution in [2.45, 2.75) is 0 Å². The predicted octanol–water partition coefficient (Wildman–Crippen LogP) is -0.0578. The van der Waals surface area contributed by atoms with Crippen LogP contribution in [0.1, 0.15) is 0 Å². The van der Waals surface area contributed by atoms with Gasteiger partial charge in [0.15, 0.2) is 23.2 Å². The molecule has 8 heteroatoms. The van der Waals surface area contributed by atoms with Crippen LogP contribution in [0.3, 0.4) is 0 Å². The molecule has 1 aliphatic heterocycles. The zero-order chi connectivity index (χ0) is 12.4. The Morgan fingerprint density at radius 1 is 1.24 bits per heavy atom. The quantitative estimate of drug-likeness (QED) is 0.424. The van der Waals surface area contributed by atoms with E-state index in [9.17, 15) is 9.50 Å². The molecule has 1 heterocycles. The predicted molar refractivity (Wildman–Crippen MR) is 62.4 cm³/mol. The number of amidine groups is 2. The van der Waals surface area contributed by atoms with Gasteiger partial charge < -0.3 is 16.6 Å². The summed E-state index contributed by atoms with van der Waals surface area (Å²) in [5.41, 5.74) is 13.1. The molecule has 0 aliphatic carbocycles. The minimum Gasteiger partial charge on any atom is -0.506 e. The van der Waals surface area contributed by atoms with Gasteiger partial charge in [0.25, 0.3) is 0 Å². The van der Waals surface area contributed by atoms with Gasteiger partial charge in [-0.3, -0.25) is 5.43 Å². The van der Waals surface area contributed by atoms with Gasteiger partial charge in [0, 0.05) is 0 Å². The van der Waals surface area contributed by atoms with Crippen molar-refractivity contribution in [3.8, 4) is 5.75 Å². The van der Waals surface area contributed by atoms with Crippen LogP contribution in [0.4, 0.5) is 10.1 Å². The van der Waals surface area contributed by atoms with Gasteiger partial charge in [0.2, 0.25) is 0 Å². The van der Waals surface area contributed by atoms with E-state index < -0.39 is 5.82 Å². The Bertz CT molecular complexity index is 510. The van der Waals surface area contributed by atoms with Crippen LogP contribution >= 0.6 is 0 Å². The van der Waals surface area contributed by atoms with Gasteiger partial charge in [-0.1, -0.05) is 6.07 Å².